The monoisotopic (exact) mass is 186 g/mol. The Hall–Kier alpha value is -0.480. The highest BCUT2D eigenvalue weighted by molar-refractivity contribution is 7.07. The van der Waals surface area contributed by atoms with Crippen molar-refractivity contribution in [1.82, 2.24) is 10.3 Å². The summed E-state index contributed by atoms with van der Waals surface area (Å²) >= 11 is 1.51. The molecule has 1 aromatic heterocycles. The average molecular weight is 186 g/mol. The van der Waals surface area contributed by atoms with Gasteiger partial charge in [-0.25, -0.2) is 9.37 Å². The molecule has 66 valence electrons. The van der Waals surface area contributed by atoms with E-state index in [0.29, 0.717) is 6.04 Å². The van der Waals surface area contributed by atoms with Crippen LogP contribution < -0.4 is 5.32 Å². The van der Waals surface area contributed by atoms with Gasteiger partial charge in [-0.2, -0.15) is 0 Å². The normalized spacial score (nSPS) is 19.4. The molecule has 4 heteroatoms. The highest BCUT2D eigenvalue weighted by atomic mass is 32.1. The number of hydrogen-bond donors (Lipinski definition) is 1. The highest BCUT2D eigenvalue weighted by Crippen LogP contribution is 2.24. The van der Waals surface area contributed by atoms with Gasteiger partial charge in [-0.3, -0.25) is 0 Å². The molecule has 12 heavy (non-hydrogen) atoms. The lowest BCUT2D eigenvalue weighted by Crippen LogP contribution is -2.25. The molecule has 0 radical (unpaired) electrons. The zero-order valence-electron chi connectivity index (χ0n) is 6.66. The van der Waals surface area contributed by atoms with E-state index in [4.69, 9.17) is 0 Å². The van der Waals surface area contributed by atoms with E-state index in [2.05, 4.69) is 10.3 Å². The minimum atomic E-state index is -0.361. The van der Waals surface area contributed by atoms with Crippen LogP contribution in [-0.2, 0) is 0 Å². The van der Waals surface area contributed by atoms with E-state index >= 15 is 0 Å². The summed E-state index contributed by atoms with van der Waals surface area (Å²) in [6.45, 7) is -0.361. The van der Waals surface area contributed by atoms with Gasteiger partial charge in [0.25, 0.3) is 0 Å². The topological polar surface area (TPSA) is 24.9 Å². The molecule has 1 unspecified atom stereocenters. The summed E-state index contributed by atoms with van der Waals surface area (Å²) < 4.78 is 12.5. The maximum Gasteiger partial charge on any atom is 0.110 e. The van der Waals surface area contributed by atoms with Gasteiger partial charge in [-0.15, -0.1) is 11.3 Å². The summed E-state index contributed by atoms with van der Waals surface area (Å²) in [5, 5.41) is 5.11. The zero-order valence-corrected chi connectivity index (χ0v) is 7.48. The average Bonchev–Trinajstić information content (AvgIpc) is 2.74. The first-order chi connectivity index (χ1) is 5.90. The molecule has 2 nitrogen and oxygen atoms in total. The number of alkyl halides is 1. The SMILES string of the molecule is FCC(NC1CC1)c1cscn1. The molecule has 1 aliphatic rings. The van der Waals surface area contributed by atoms with Crippen LogP contribution in [0.15, 0.2) is 10.9 Å². The minimum absolute atomic E-state index is 0.177. The van der Waals surface area contributed by atoms with Crippen LogP contribution in [-0.4, -0.2) is 17.7 Å². The molecule has 0 amide bonds. The molecule has 2 rings (SSSR count). The number of rotatable bonds is 4. The van der Waals surface area contributed by atoms with Crippen LogP contribution >= 0.6 is 11.3 Å². The summed E-state index contributed by atoms with van der Waals surface area (Å²) in [6, 6.07) is 0.358. The van der Waals surface area contributed by atoms with Crippen LogP contribution in [0.25, 0.3) is 0 Å². The summed E-state index contributed by atoms with van der Waals surface area (Å²) in [5.41, 5.74) is 2.58. The molecule has 1 saturated carbocycles. The van der Waals surface area contributed by atoms with Crippen LogP contribution in [0.1, 0.15) is 24.6 Å². The number of hydrogen-bond acceptors (Lipinski definition) is 3. The van der Waals surface area contributed by atoms with E-state index in [1.807, 2.05) is 5.38 Å². The predicted molar refractivity (Wildman–Crippen MR) is 47.0 cm³/mol. The molecule has 0 aromatic carbocycles. The number of nitrogens with zero attached hydrogens (tertiary/aromatic N) is 1. The minimum Gasteiger partial charge on any atom is -0.304 e. The Bertz CT molecular complexity index is 233. The third-order valence-corrected chi connectivity index (χ3v) is 2.58. The van der Waals surface area contributed by atoms with E-state index in [1.165, 1.54) is 24.2 Å². The molecular formula is C8H11FN2S. The Kier molecular flexibility index (Phi) is 2.37. The smallest absolute Gasteiger partial charge is 0.110 e. The van der Waals surface area contributed by atoms with E-state index in [1.54, 1.807) is 5.51 Å². The van der Waals surface area contributed by atoms with Gasteiger partial charge in [0.05, 0.1) is 17.2 Å². The predicted octanol–water partition coefficient (Wildman–Crippen LogP) is 1.91. The Balaban J connectivity index is 1.97. The van der Waals surface area contributed by atoms with Gasteiger partial charge < -0.3 is 5.32 Å². The van der Waals surface area contributed by atoms with E-state index in [0.717, 1.165) is 5.69 Å². The van der Waals surface area contributed by atoms with Crippen LogP contribution in [0.5, 0.6) is 0 Å². The Labute approximate surface area is 74.8 Å². The molecule has 0 aliphatic heterocycles. The quantitative estimate of drug-likeness (QED) is 0.777. The van der Waals surface area contributed by atoms with Crippen molar-refractivity contribution in [1.29, 1.82) is 0 Å². The molecule has 1 heterocycles. The third-order valence-electron chi connectivity index (χ3n) is 1.98. The van der Waals surface area contributed by atoms with Crippen LogP contribution in [0.4, 0.5) is 4.39 Å². The fourth-order valence-electron chi connectivity index (χ4n) is 1.14. The fourth-order valence-corrected chi connectivity index (χ4v) is 1.75. The summed E-state index contributed by atoms with van der Waals surface area (Å²) in [5.74, 6) is 0. The Morgan fingerprint density at radius 2 is 2.58 bits per heavy atom. The lowest BCUT2D eigenvalue weighted by atomic mass is 10.2. The van der Waals surface area contributed by atoms with Crippen molar-refractivity contribution < 1.29 is 4.39 Å². The molecule has 0 spiro atoms. The number of nitrogens with one attached hydrogen (secondary N) is 1. The van der Waals surface area contributed by atoms with Gasteiger partial charge in [0, 0.05) is 11.4 Å². The first-order valence-corrected chi connectivity index (χ1v) is 5.04. The lowest BCUT2D eigenvalue weighted by molar-refractivity contribution is 0.375. The van der Waals surface area contributed by atoms with Crippen LogP contribution in [0.2, 0.25) is 0 Å². The van der Waals surface area contributed by atoms with Gasteiger partial charge in [-0.05, 0) is 12.8 Å². The molecule has 0 bridgehead atoms. The molecular weight excluding hydrogens is 175 g/mol. The molecule has 1 atom stereocenters. The fraction of sp³-hybridized carbons (Fsp3) is 0.625. The molecule has 1 fully saturated rings. The standard InChI is InChI=1S/C8H11FN2S/c9-3-7(11-6-1-2-6)8-4-12-5-10-8/h4-7,11H,1-3H2. The number of thiazole rings is 1. The van der Waals surface area contributed by atoms with Gasteiger partial charge in [0.1, 0.15) is 6.67 Å². The van der Waals surface area contributed by atoms with Gasteiger partial charge in [-0.1, -0.05) is 0 Å². The summed E-state index contributed by atoms with van der Waals surface area (Å²) in [7, 11) is 0. The van der Waals surface area contributed by atoms with Crippen molar-refractivity contribution in [3.63, 3.8) is 0 Å². The first-order valence-electron chi connectivity index (χ1n) is 4.10. The van der Waals surface area contributed by atoms with Gasteiger partial charge >= 0.3 is 0 Å². The summed E-state index contributed by atoms with van der Waals surface area (Å²) in [4.78, 5) is 4.08. The Morgan fingerprint density at radius 3 is 3.08 bits per heavy atom. The number of halogens is 1. The van der Waals surface area contributed by atoms with E-state index in [9.17, 15) is 4.39 Å². The highest BCUT2D eigenvalue weighted by Gasteiger charge is 2.25. The second kappa shape index (κ2) is 3.49. The second-order valence-corrected chi connectivity index (χ2v) is 3.78. The van der Waals surface area contributed by atoms with Crippen LogP contribution in [0.3, 0.4) is 0 Å². The number of aromatic nitrogens is 1. The van der Waals surface area contributed by atoms with E-state index in [-0.39, 0.29) is 12.7 Å². The van der Waals surface area contributed by atoms with Crippen molar-refractivity contribution in [3.8, 4) is 0 Å². The molecule has 0 saturated heterocycles. The molecule has 1 aromatic rings. The molecule has 1 N–H and O–H groups in total. The van der Waals surface area contributed by atoms with Crippen molar-refractivity contribution in [2.45, 2.75) is 24.9 Å². The van der Waals surface area contributed by atoms with Crippen molar-refractivity contribution in [2.75, 3.05) is 6.67 Å². The lowest BCUT2D eigenvalue weighted by Gasteiger charge is -2.11. The molecule has 1 aliphatic carbocycles. The maximum absolute atomic E-state index is 12.5. The first kappa shape index (κ1) is 8.13. The van der Waals surface area contributed by atoms with Crippen molar-refractivity contribution in [3.05, 3.63) is 16.6 Å². The van der Waals surface area contributed by atoms with Crippen molar-refractivity contribution in [2.24, 2.45) is 0 Å². The second-order valence-electron chi connectivity index (χ2n) is 3.06. The summed E-state index contributed by atoms with van der Waals surface area (Å²) in [6.07, 6.45) is 2.36. The van der Waals surface area contributed by atoms with Gasteiger partial charge in [0.2, 0.25) is 0 Å². The Morgan fingerprint density at radius 1 is 1.75 bits per heavy atom. The zero-order chi connectivity index (χ0) is 8.39. The largest absolute Gasteiger partial charge is 0.304 e. The van der Waals surface area contributed by atoms with Crippen molar-refractivity contribution >= 4 is 11.3 Å². The third kappa shape index (κ3) is 1.81. The maximum atomic E-state index is 12.5. The van der Waals surface area contributed by atoms with E-state index < -0.39 is 0 Å². The van der Waals surface area contributed by atoms with Gasteiger partial charge in [0.15, 0.2) is 0 Å². The van der Waals surface area contributed by atoms with Crippen LogP contribution in [0, 0.1) is 0 Å².